The van der Waals surface area contributed by atoms with Crippen molar-refractivity contribution in [1.82, 2.24) is 0 Å². The fourth-order valence-electron chi connectivity index (χ4n) is 1.42. The highest BCUT2D eigenvalue weighted by atomic mass is 19.1. The normalized spacial score (nSPS) is 16.5. The molecule has 0 saturated heterocycles. The number of benzene rings is 1. The molecule has 1 saturated carbocycles. The third-order valence-corrected chi connectivity index (χ3v) is 2.32. The van der Waals surface area contributed by atoms with Gasteiger partial charge in [0.2, 0.25) is 0 Å². The van der Waals surface area contributed by atoms with E-state index in [1.165, 1.54) is 0 Å². The van der Waals surface area contributed by atoms with Crippen LogP contribution in [0, 0.1) is 5.82 Å². The molecule has 1 aliphatic rings. The highest BCUT2D eigenvalue weighted by Gasteiger charge is 2.26. The van der Waals surface area contributed by atoms with Crippen molar-refractivity contribution in [3.8, 4) is 0 Å². The molecule has 0 amide bonds. The van der Waals surface area contributed by atoms with Crippen LogP contribution in [0.5, 0.6) is 0 Å². The van der Waals surface area contributed by atoms with Crippen molar-refractivity contribution in [2.45, 2.75) is 25.3 Å². The molecule has 0 radical (unpaired) electrons. The molecule has 1 fully saturated rings. The van der Waals surface area contributed by atoms with E-state index in [1.807, 2.05) is 12.1 Å². The van der Waals surface area contributed by atoms with Gasteiger partial charge in [0.15, 0.2) is 0 Å². The second-order valence-corrected chi connectivity index (χ2v) is 3.33. The zero-order valence-corrected chi connectivity index (χ0v) is 6.89. The van der Waals surface area contributed by atoms with Gasteiger partial charge in [-0.25, -0.2) is 4.39 Å². The van der Waals surface area contributed by atoms with Gasteiger partial charge in [0.25, 0.3) is 0 Å². The Morgan fingerprint density at radius 2 is 2.17 bits per heavy atom. The number of halogens is 1. The maximum absolute atomic E-state index is 13.3. The van der Waals surface area contributed by atoms with Crippen molar-refractivity contribution in [3.63, 3.8) is 0 Å². The second-order valence-electron chi connectivity index (χ2n) is 3.33. The summed E-state index contributed by atoms with van der Waals surface area (Å²) in [5, 5.41) is 0. The van der Waals surface area contributed by atoms with Gasteiger partial charge in [-0.15, -0.1) is 0 Å². The monoisotopic (exact) mass is 165 g/mol. The van der Waals surface area contributed by atoms with Crippen molar-refractivity contribution in [1.29, 1.82) is 0 Å². The van der Waals surface area contributed by atoms with Gasteiger partial charge in [-0.05, 0) is 36.0 Å². The Balaban J connectivity index is 2.32. The Morgan fingerprint density at radius 3 is 2.67 bits per heavy atom. The van der Waals surface area contributed by atoms with Gasteiger partial charge in [-0.3, -0.25) is 0 Å². The average molecular weight is 165 g/mol. The quantitative estimate of drug-likeness (QED) is 0.714. The SMILES string of the molecule is NCc1ccc(C2CC2)c(F)c1. The van der Waals surface area contributed by atoms with Crippen LogP contribution in [0.4, 0.5) is 4.39 Å². The summed E-state index contributed by atoms with van der Waals surface area (Å²) in [5.74, 6) is 0.400. The van der Waals surface area contributed by atoms with Gasteiger partial charge in [0.1, 0.15) is 5.82 Å². The topological polar surface area (TPSA) is 26.0 Å². The van der Waals surface area contributed by atoms with Crippen LogP contribution in [-0.2, 0) is 6.54 Å². The Morgan fingerprint density at radius 1 is 1.42 bits per heavy atom. The van der Waals surface area contributed by atoms with Gasteiger partial charge >= 0.3 is 0 Å². The summed E-state index contributed by atoms with van der Waals surface area (Å²) in [6, 6.07) is 5.33. The van der Waals surface area contributed by atoms with E-state index < -0.39 is 0 Å². The van der Waals surface area contributed by atoms with Crippen molar-refractivity contribution in [2.24, 2.45) is 5.73 Å². The molecular formula is C10H12FN. The summed E-state index contributed by atoms with van der Waals surface area (Å²) in [5.41, 5.74) is 7.13. The van der Waals surface area contributed by atoms with E-state index in [9.17, 15) is 4.39 Å². The van der Waals surface area contributed by atoms with Gasteiger partial charge in [-0.1, -0.05) is 12.1 Å². The zero-order chi connectivity index (χ0) is 8.55. The maximum Gasteiger partial charge on any atom is 0.126 e. The molecule has 12 heavy (non-hydrogen) atoms. The van der Waals surface area contributed by atoms with Crippen molar-refractivity contribution < 1.29 is 4.39 Å². The first kappa shape index (κ1) is 7.74. The van der Waals surface area contributed by atoms with Crippen LogP contribution in [0.1, 0.15) is 29.9 Å². The molecule has 0 spiro atoms. The lowest BCUT2D eigenvalue weighted by Crippen LogP contribution is -1.98. The Labute approximate surface area is 71.4 Å². The number of hydrogen-bond donors (Lipinski definition) is 1. The fraction of sp³-hybridized carbons (Fsp3) is 0.400. The van der Waals surface area contributed by atoms with E-state index in [4.69, 9.17) is 5.73 Å². The molecule has 2 rings (SSSR count). The van der Waals surface area contributed by atoms with Crippen LogP contribution in [0.3, 0.4) is 0 Å². The Kier molecular flexibility index (Phi) is 1.85. The summed E-state index contributed by atoms with van der Waals surface area (Å²) < 4.78 is 13.3. The molecule has 0 atom stereocenters. The molecule has 1 aromatic rings. The Bertz CT molecular complexity index is 292. The van der Waals surface area contributed by atoms with Gasteiger partial charge in [0.05, 0.1) is 0 Å². The lowest BCUT2D eigenvalue weighted by atomic mass is 10.1. The highest BCUT2D eigenvalue weighted by molar-refractivity contribution is 5.29. The molecular weight excluding hydrogens is 153 g/mol. The maximum atomic E-state index is 13.3. The van der Waals surface area contributed by atoms with Crippen LogP contribution < -0.4 is 5.73 Å². The third kappa shape index (κ3) is 1.34. The highest BCUT2D eigenvalue weighted by Crippen LogP contribution is 2.41. The number of nitrogens with two attached hydrogens (primary N) is 1. The van der Waals surface area contributed by atoms with Crippen LogP contribution in [-0.4, -0.2) is 0 Å². The summed E-state index contributed by atoms with van der Waals surface area (Å²) in [6.45, 7) is 0.419. The van der Waals surface area contributed by atoms with Crippen molar-refractivity contribution >= 4 is 0 Å². The molecule has 2 N–H and O–H groups in total. The van der Waals surface area contributed by atoms with Crippen molar-refractivity contribution in [2.75, 3.05) is 0 Å². The third-order valence-electron chi connectivity index (χ3n) is 2.32. The largest absolute Gasteiger partial charge is 0.326 e. The second kappa shape index (κ2) is 2.87. The molecule has 1 nitrogen and oxygen atoms in total. The minimum absolute atomic E-state index is 0.0829. The standard InChI is InChI=1S/C10H12FN/c11-10-5-7(6-12)1-4-9(10)8-2-3-8/h1,4-5,8H,2-3,6,12H2. The zero-order valence-electron chi connectivity index (χ0n) is 6.89. The van der Waals surface area contributed by atoms with Crippen LogP contribution in [0.2, 0.25) is 0 Å². The van der Waals surface area contributed by atoms with Gasteiger partial charge in [-0.2, -0.15) is 0 Å². The van der Waals surface area contributed by atoms with Crippen molar-refractivity contribution in [3.05, 3.63) is 35.1 Å². The molecule has 0 aromatic heterocycles. The van der Waals surface area contributed by atoms with Crippen LogP contribution in [0.25, 0.3) is 0 Å². The fourth-order valence-corrected chi connectivity index (χ4v) is 1.42. The molecule has 1 aliphatic carbocycles. The van der Waals surface area contributed by atoms with E-state index in [2.05, 4.69) is 0 Å². The van der Waals surface area contributed by atoms with E-state index in [0.29, 0.717) is 12.5 Å². The lowest BCUT2D eigenvalue weighted by molar-refractivity contribution is 0.608. The van der Waals surface area contributed by atoms with E-state index in [0.717, 1.165) is 24.0 Å². The first-order valence-corrected chi connectivity index (χ1v) is 4.29. The van der Waals surface area contributed by atoms with Gasteiger partial charge < -0.3 is 5.73 Å². The number of hydrogen-bond acceptors (Lipinski definition) is 1. The lowest BCUT2D eigenvalue weighted by Gasteiger charge is -2.02. The first-order chi connectivity index (χ1) is 5.81. The van der Waals surface area contributed by atoms with E-state index in [-0.39, 0.29) is 5.82 Å². The molecule has 0 unspecified atom stereocenters. The van der Waals surface area contributed by atoms with Gasteiger partial charge in [0, 0.05) is 6.54 Å². The molecule has 0 heterocycles. The summed E-state index contributed by atoms with van der Waals surface area (Å²) in [6.07, 6.45) is 2.28. The summed E-state index contributed by atoms with van der Waals surface area (Å²) in [4.78, 5) is 0. The molecule has 0 bridgehead atoms. The predicted molar refractivity (Wildman–Crippen MR) is 46.3 cm³/mol. The van der Waals surface area contributed by atoms with E-state index >= 15 is 0 Å². The smallest absolute Gasteiger partial charge is 0.126 e. The summed E-state index contributed by atoms with van der Waals surface area (Å²) >= 11 is 0. The summed E-state index contributed by atoms with van der Waals surface area (Å²) in [7, 11) is 0. The minimum atomic E-state index is -0.0829. The predicted octanol–water partition coefficient (Wildman–Crippen LogP) is 2.16. The molecule has 64 valence electrons. The molecule has 2 heteroatoms. The van der Waals surface area contributed by atoms with Crippen LogP contribution >= 0.6 is 0 Å². The minimum Gasteiger partial charge on any atom is -0.326 e. The van der Waals surface area contributed by atoms with Crippen LogP contribution in [0.15, 0.2) is 18.2 Å². The molecule has 0 aliphatic heterocycles. The number of rotatable bonds is 2. The Hall–Kier alpha value is -0.890. The first-order valence-electron chi connectivity index (χ1n) is 4.29. The van der Waals surface area contributed by atoms with E-state index in [1.54, 1.807) is 6.07 Å². The molecule has 1 aromatic carbocycles. The average Bonchev–Trinajstić information content (AvgIpc) is 2.87.